The van der Waals surface area contributed by atoms with Crippen LogP contribution in [-0.2, 0) is 14.3 Å². The highest BCUT2D eigenvalue weighted by Gasteiger charge is 2.31. The van der Waals surface area contributed by atoms with Gasteiger partial charge in [0.05, 0.1) is 6.61 Å². The highest BCUT2D eigenvalue weighted by molar-refractivity contribution is 5.84. The van der Waals surface area contributed by atoms with E-state index in [0.29, 0.717) is 0 Å². The summed E-state index contributed by atoms with van der Waals surface area (Å²) in [5.74, 6) is -2.02. The fraction of sp³-hybridized carbons (Fsp3) is 0.348. The first-order chi connectivity index (χ1) is 14.7. The van der Waals surface area contributed by atoms with E-state index in [4.69, 9.17) is 14.9 Å². The average molecular weight is 426 g/mol. The van der Waals surface area contributed by atoms with E-state index in [-0.39, 0.29) is 18.9 Å². The number of fused-ring (bicyclic) bond motifs is 3. The van der Waals surface area contributed by atoms with Crippen molar-refractivity contribution >= 4 is 18.0 Å². The molecule has 3 rings (SSSR count). The zero-order chi connectivity index (χ0) is 22.6. The van der Waals surface area contributed by atoms with E-state index in [9.17, 15) is 14.4 Å². The molecule has 1 aliphatic rings. The maximum Gasteiger partial charge on any atom is 0.407 e. The van der Waals surface area contributed by atoms with Crippen molar-refractivity contribution in [2.45, 2.75) is 37.8 Å². The second kappa shape index (κ2) is 9.18. The number of ether oxygens (including phenoxy) is 1. The van der Waals surface area contributed by atoms with Crippen molar-refractivity contribution in [2.24, 2.45) is 0 Å². The van der Waals surface area contributed by atoms with Crippen LogP contribution >= 0.6 is 0 Å². The Morgan fingerprint density at radius 3 is 2.10 bits per heavy atom. The van der Waals surface area contributed by atoms with Crippen LogP contribution in [0.5, 0.6) is 0 Å². The van der Waals surface area contributed by atoms with E-state index in [1.165, 1.54) is 0 Å². The van der Waals surface area contributed by atoms with Gasteiger partial charge in [0.25, 0.3) is 0 Å². The van der Waals surface area contributed by atoms with Crippen LogP contribution in [0.2, 0.25) is 0 Å². The van der Waals surface area contributed by atoms with Crippen molar-refractivity contribution in [3.8, 4) is 11.1 Å². The summed E-state index contributed by atoms with van der Waals surface area (Å²) in [6.45, 7) is 2.68. The monoisotopic (exact) mass is 426 g/mol. The third kappa shape index (κ3) is 5.21. The molecule has 31 heavy (non-hydrogen) atoms. The molecule has 0 bridgehead atoms. The highest BCUT2D eigenvalue weighted by atomic mass is 16.5. The Morgan fingerprint density at radius 1 is 1.03 bits per heavy atom. The van der Waals surface area contributed by atoms with Crippen LogP contribution in [0.3, 0.4) is 0 Å². The van der Waals surface area contributed by atoms with Crippen LogP contribution in [-0.4, -0.2) is 53.0 Å². The zero-order valence-electron chi connectivity index (χ0n) is 17.4. The van der Waals surface area contributed by atoms with Gasteiger partial charge in [0.15, 0.2) is 0 Å². The molecular weight excluding hydrogens is 400 g/mol. The van der Waals surface area contributed by atoms with E-state index in [0.717, 1.165) is 22.3 Å². The summed E-state index contributed by atoms with van der Waals surface area (Å²) in [5, 5.41) is 22.8. The van der Waals surface area contributed by atoms with Gasteiger partial charge < -0.3 is 25.6 Å². The highest BCUT2D eigenvalue weighted by Crippen LogP contribution is 2.44. The van der Waals surface area contributed by atoms with Crippen molar-refractivity contribution in [3.63, 3.8) is 0 Å². The molecule has 0 fully saturated rings. The first-order valence-electron chi connectivity index (χ1n) is 9.98. The van der Waals surface area contributed by atoms with Crippen molar-refractivity contribution in [1.82, 2.24) is 10.6 Å². The molecule has 0 unspecified atom stereocenters. The number of aliphatic carboxylic acids is 1. The standard InChI is InChI=1S/C23H26N2O6/c1-23(2,11-20(27)24-19(12-26)21(28)29)25-22(30)31-13-18-16-9-5-3-7-14(16)15-8-4-6-10-17(15)18/h3-10,18-19,26H,11-13H2,1-2H3,(H,24,27)(H,25,30)(H,28,29)/t19-/m0/s1. The zero-order valence-corrected chi connectivity index (χ0v) is 17.4. The van der Waals surface area contributed by atoms with Gasteiger partial charge in [-0.1, -0.05) is 48.5 Å². The van der Waals surface area contributed by atoms with Gasteiger partial charge in [0.2, 0.25) is 5.91 Å². The molecule has 0 saturated carbocycles. The van der Waals surface area contributed by atoms with Crippen LogP contribution < -0.4 is 10.6 Å². The molecule has 8 heteroatoms. The van der Waals surface area contributed by atoms with E-state index >= 15 is 0 Å². The number of carboxylic acid groups (broad SMARTS) is 1. The fourth-order valence-corrected chi connectivity index (χ4v) is 3.79. The maximum atomic E-state index is 12.4. The van der Waals surface area contributed by atoms with Gasteiger partial charge >= 0.3 is 12.1 Å². The molecule has 0 radical (unpaired) electrons. The predicted molar refractivity (Wildman–Crippen MR) is 114 cm³/mol. The van der Waals surface area contributed by atoms with E-state index < -0.39 is 36.2 Å². The molecule has 4 N–H and O–H groups in total. The van der Waals surface area contributed by atoms with E-state index in [1.54, 1.807) is 13.8 Å². The van der Waals surface area contributed by atoms with Crippen LogP contribution in [0.15, 0.2) is 48.5 Å². The minimum atomic E-state index is -1.39. The van der Waals surface area contributed by atoms with E-state index in [1.807, 2.05) is 48.5 Å². The summed E-state index contributed by atoms with van der Waals surface area (Å²) in [7, 11) is 0. The summed E-state index contributed by atoms with van der Waals surface area (Å²) in [6.07, 6.45) is -0.849. The van der Waals surface area contributed by atoms with Gasteiger partial charge in [0, 0.05) is 17.9 Å². The predicted octanol–water partition coefficient (Wildman–Crippen LogP) is 2.26. The number of carbonyl (C=O) groups is 3. The third-order valence-electron chi connectivity index (χ3n) is 5.20. The number of rotatable bonds is 8. The molecule has 2 aromatic carbocycles. The Hall–Kier alpha value is -3.39. The number of nitrogens with one attached hydrogen (secondary N) is 2. The Morgan fingerprint density at radius 2 is 1.58 bits per heavy atom. The quantitative estimate of drug-likeness (QED) is 0.513. The molecule has 2 amide bonds. The smallest absolute Gasteiger partial charge is 0.407 e. The Balaban J connectivity index is 1.59. The van der Waals surface area contributed by atoms with Crippen molar-refractivity contribution in [2.75, 3.05) is 13.2 Å². The largest absolute Gasteiger partial charge is 0.480 e. The number of alkyl carbamates (subject to hydrolysis) is 1. The number of carboxylic acids is 1. The lowest BCUT2D eigenvalue weighted by molar-refractivity contribution is -0.143. The summed E-state index contributed by atoms with van der Waals surface area (Å²) < 4.78 is 5.48. The van der Waals surface area contributed by atoms with E-state index in [2.05, 4.69) is 10.6 Å². The molecule has 0 aromatic heterocycles. The maximum absolute atomic E-state index is 12.4. The molecule has 164 valence electrons. The van der Waals surface area contributed by atoms with Gasteiger partial charge in [0.1, 0.15) is 12.6 Å². The lowest BCUT2D eigenvalue weighted by Crippen LogP contribution is -2.50. The molecule has 0 saturated heterocycles. The molecule has 8 nitrogen and oxygen atoms in total. The van der Waals surface area contributed by atoms with Gasteiger partial charge in [-0.05, 0) is 36.1 Å². The summed E-state index contributed by atoms with van der Waals surface area (Å²) >= 11 is 0. The van der Waals surface area contributed by atoms with Crippen molar-refractivity contribution in [1.29, 1.82) is 0 Å². The molecule has 0 aliphatic heterocycles. The summed E-state index contributed by atoms with van der Waals surface area (Å²) in [6, 6.07) is 14.6. The lowest BCUT2D eigenvalue weighted by atomic mass is 9.98. The van der Waals surface area contributed by atoms with Crippen LogP contribution in [0.4, 0.5) is 4.79 Å². The number of aliphatic hydroxyl groups is 1. The minimum Gasteiger partial charge on any atom is -0.480 e. The second-order valence-corrected chi connectivity index (χ2v) is 8.15. The fourth-order valence-electron chi connectivity index (χ4n) is 3.79. The minimum absolute atomic E-state index is 0.0783. The first kappa shape index (κ1) is 22.3. The van der Waals surface area contributed by atoms with Gasteiger partial charge in [-0.3, -0.25) is 4.79 Å². The Bertz CT molecular complexity index is 942. The van der Waals surface area contributed by atoms with Gasteiger partial charge in [-0.15, -0.1) is 0 Å². The lowest BCUT2D eigenvalue weighted by Gasteiger charge is -2.26. The normalized spacial score (nSPS) is 13.6. The van der Waals surface area contributed by atoms with Crippen LogP contribution in [0, 0.1) is 0 Å². The second-order valence-electron chi connectivity index (χ2n) is 8.15. The van der Waals surface area contributed by atoms with Gasteiger partial charge in [-0.25, -0.2) is 9.59 Å². The molecular formula is C23H26N2O6. The van der Waals surface area contributed by atoms with Gasteiger partial charge in [-0.2, -0.15) is 0 Å². The Kier molecular flexibility index (Phi) is 6.60. The first-order valence-corrected chi connectivity index (χ1v) is 9.98. The summed E-state index contributed by atoms with van der Waals surface area (Å²) in [4.78, 5) is 35.4. The number of hydrogen-bond acceptors (Lipinski definition) is 5. The molecule has 1 aliphatic carbocycles. The molecule has 2 aromatic rings. The number of amides is 2. The van der Waals surface area contributed by atoms with Crippen molar-refractivity contribution < 1.29 is 29.3 Å². The molecule has 0 spiro atoms. The average Bonchev–Trinajstić information content (AvgIpc) is 3.03. The topological polar surface area (TPSA) is 125 Å². The summed E-state index contributed by atoms with van der Waals surface area (Å²) in [5.41, 5.74) is 3.46. The third-order valence-corrected chi connectivity index (χ3v) is 5.20. The molecule has 0 heterocycles. The number of carbonyl (C=O) groups excluding carboxylic acids is 2. The van der Waals surface area contributed by atoms with Crippen LogP contribution in [0.1, 0.15) is 37.3 Å². The van der Waals surface area contributed by atoms with Crippen LogP contribution in [0.25, 0.3) is 11.1 Å². The number of hydrogen-bond donors (Lipinski definition) is 4. The Labute approximate surface area is 180 Å². The molecule has 1 atom stereocenters. The SMILES string of the molecule is CC(C)(CC(=O)N[C@@H](CO)C(=O)O)NC(=O)OCC1c2ccccc2-c2ccccc21. The number of aliphatic hydroxyl groups excluding tert-OH is 1. The van der Waals surface area contributed by atoms with Crippen molar-refractivity contribution in [3.05, 3.63) is 59.7 Å². The number of benzene rings is 2.